The molecule has 0 radical (unpaired) electrons. The zero-order valence-electron chi connectivity index (χ0n) is 18.7. The average Bonchev–Trinajstić information content (AvgIpc) is 3.15. The van der Waals surface area contributed by atoms with Crippen molar-refractivity contribution >= 4 is 23.4 Å². The molecule has 2 aromatic carbocycles. The van der Waals surface area contributed by atoms with Crippen molar-refractivity contribution < 1.29 is 4.79 Å². The fourth-order valence-corrected chi connectivity index (χ4v) is 3.92. The number of benzene rings is 2. The summed E-state index contributed by atoms with van der Waals surface area (Å²) in [5.74, 6) is 0.963. The summed E-state index contributed by atoms with van der Waals surface area (Å²) in [6.45, 7) is 13.1. The number of nitrogens with zero attached hydrogens (tertiary/aromatic N) is 3. The Morgan fingerprint density at radius 3 is 2.35 bits per heavy atom. The molecule has 1 aromatic heterocycles. The SMILES string of the molecule is C=CCn1c(SCC(=O)Nc2ccc(CC)cc2)nnc1-c1ccc(C(C)(C)C)cc1. The van der Waals surface area contributed by atoms with Crippen LogP contribution in [0.15, 0.2) is 66.3 Å². The lowest BCUT2D eigenvalue weighted by molar-refractivity contribution is -0.113. The molecule has 3 rings (SSSR count). The Balaban J connectivity index is 1.71. The number of carbonyl (C=O) groups is 1. The zero-order chi connectivity index (χ0) is 22.4. The van der Waals surface area contributed by atoms with Crippen molar-refractivity contribution in [2.45, 2.75) is 51.2 Å². The number of amides is 1. The number of hydrogen-bond donors (Lipinski definition) is 1. The van der Waals surface area contributed by atoms with Crippen LogP contribution in [0.3, 0.4) is 0 Å². The Morgan fingerprint density at radius 2 is 1.77 bits per heavy atom. The van der Waals surface area contributed by atoms with E-state index in [1.807, 2.05) is 34.9 Å². The molecule has 162 valence electrons. The number of thioether (sulfide) groups is 1. The normalized spacial score (nSPS) is 11.4. The minimum absolute atomic E-state index is 0.0709. The van der Waals surface area contributed by atoms with Gasteiger partial charge in [-0.05, 0) is 35.1 Å². The number of carbonyl (C=O) groups excluding carboxylic acids is 1. The van der Waals surface area contributed by atoms with Crippen LogP contribution in [0.25, 0.3) is 11.4 Å². The van der Waals surface area contributed by atoms with Gasteiger partial charge in [0.2, 0.25) is 5.91 Å². The Morgan fingerprint density at radius 1 is 1.10 bits per heavy atom. The van der Waals surface area contributed by atoms with Crippen molar-refractivity contribution in [1.82, 2.24) is 14.8 Å². The first-order valence-electron chi connectivity index (χ1n) is 10.5. The quantitative estimate of drug-likeness (QED) is 0.364. The van der Waals surface area contributed by atoms with Crippen LogP contribution >= 0.6 is 11.8 Å². The fourth-order valence-electron chi connectivity index (χ4n) is 3.17. The van der Waals surface area contributed by atoms with Crippen LogP contribution in [0.1, 0.15) is 38.8 Å². The molecule has 1 N–H and O–H groups in total. The van der Waals surface area contributed by atoms with Crippen molar-refractivity contribution in [3.63, 3.8) is 0 Å². The van der Waals surface area contributed by atoms with Crippen molar-refractivity contribution in [2.24, 2.45) is 0 Å². The number of nitrogens with one attached hydrogen (secondary N) is 1. The number of hydrogen-bond acceptors (Lipinski definition) is 4. The summed E-state index contributed by atoms with van der Waals surface area (Å²) >= 11 is 1.37. The average molecular weight is 435 g/mol. The molecule has 0 aliphatic rings. The Kier molecular flexibility index (Phi) is 7.33. The third kappa shape index (κ3) is 5.85. The molecule has 1 amide bonds. The van der Waals surface area contributed by atoms with Crippen LogP contribution in [0, 0.1) is 0 Å². The van der Waals surface area contributed by atoms with Crippen LogP contribution in [0.5, 0.6) is 0 Å². The summed E-state index contributed by atoms with van der Waals surface area (Å²) in [5, 5.41) is 12.4. The lowest BCUT2D eigenvalue weighted by atomic mass is 9.87. The molecule has 3 aromatic rings. The van der Waals surface area contributed by atoms with E-state index in [2.05, 4.69) is 74.1 Å². The standard InChI is InChI=1S/C25H30N4OS/c1-6-16-29-23(19-10-12-20(13-11-19)25(3,4)5)27-28-24(29)31-17-22(30)26-21-14-8-18(7-2)9-15-21/h6,8-15H,1,7,16-17H2,2-5H3,(H,26,30). The Hall–Kier alpha value is -2.86. The maximum Gasteiger partial charge on any atom is 0.234 e. The van der Waals surface area contributed by atoms with Crippen LogP contribution < -0.4 is 5.32 Å². The number of allylic oxidation sites excluding steroid dienone is 1. The summed E-state index contributed by atoms with van der Waals surface area (Å²) in [6.07, 6.45) is 2.79. The Labute approximate surface area is 189 Å². The molecule has 0 saturated carbocycles. The highest BCUT2D eigenvalue weighted by Crippen LogP contribution is 2.28. The molecule has 0 spiro atoms. The lowest BCUT2D eigenvalue weighted by Gasteiger charge is -2.19. The fraction of sp³-hybridized carbons (Fsp3) is 0.320. The first-order valence-corrected chi connectivity index (χ1v) is 11.5. The third-order valence-corrected chi connectivity index (χ3v) is 5.98. The molecular formula is C25H30N4OS. The van der Waals surface area contributed by atoms with Crippen molar-refractivity contribution in [3.8, 4) is 11.4 Å². The van der Waals surface area contributed by atoms with Gasteiger partial charge in [0.1, 0.15) is 0 Å². The van der Waals surface area contributed by atoms with E-state index in [0.29, 0.717) is 11.7 Å². The Bertz CT molecular complexity index is 1030. The molecule has 0 bridgehead atoms. The highest BCUT2D eigenvalue weighted by molar-refractivity contribution is 7.99. The largest absolute Gasteiger partial charge is 0.325 e. The minimum atomic E-state index is -0.0709. The predicted octanol–water partition coefficient (Wildman–Crippen LogP) is 5.72. The van der Waals surface area contributed by atoms with Gasteiger partial charge in [-0.25, -0.2) is 0 Å². The van der Waals surface area contributed by atoms with E-state index in [9.17, 15) is 4.79 Å². The van der Waals surface area contributed by atoms with E-state index < -0.39 is 0 Å². The van der Waals surface area contributed by atoms with E-state index in [0.717, 1.165) is 23.5 Å². The van der Waals surface area contributed by atoms with Gasteiger partial charge in [0, 0.05) is 17.8 Å². The zero-order valence-corrected chi connectivity index (χ0v) is 19.5. The van der Waals surface area contributed by atoms with E-state index in [1.165, 1.54) is 22.9 Å². The number of aromatic nitrogens is 3. The van der Waals surface area contributed by atoms with Gasteiger partial charge in [0.25, 0.3) is 0 Å². The summed E-state index contributed by atoms with van der Waals surface area (Å²) in [6, 6.07) is 16.3. The predicted molar refractivity (Wildman–Crippen MR) is 130 cm³/mol. The summed E-state index contributed by atoms with van der Waals surface area (Å²) in [4.78, 5) is 12.4. The van der Waals surface area contributed by atoms with E-state index in [1.54, 1.807) is 0 Å². The van der Waals surface area contributed by atoms with Crippen molar-refractivity contribution in [3.05, 3.63) is 72.3 Å². The monoisotopic (exact) mass is 434 g/mol. The second kappa shape index (κ2) is 9.96. The lowest BCUT2D eigenvalue weighted by Crippen LogP contribution is -2.14. The third-order valence-electron chi connectivity index (χ3n) is 5.02. The van der Waals surface area contributed by atoms with E-state index >= 15 is 0 Å². The van der Waals surface area contributed by atoms with Gasteiger partial charge in [-0.15, -0.1) is 16.8 Å². The molecule has 0 aliphatic carbocycles. The topological polar surface area (TPSA) is 59.8 Å². The van der Waals surface area contributed by atoms with Crippen LogP contribution in [0.2, 0.25) is 0 Å². The van der Waals surface area contributed by atoms with Gasteiger partial charge >= 0.3 is 0 Å². The molecule has 0 atom stereocenters. The molecule has 0 unspecified atom stereocenters. The summed E-state index contributed by atoms with van der Waals surface area (Å²) < 4.78 is 1.99. The van der Waals surface area contributed by atoms with Gasteiger partial charge in [-0.2, -0.15) is 0 Å². The summed E-state index contributed by atoms with van der Waals surface area (Å²) in [5.41, 5.74) is 4.40. The molecule has 5 nitrogen and oxygen atoms in total. The molecule has 31 heavy (non-hydrogen) atoms. The summed E-state index contributed by atoms with van der Waals surface area (Å²) in [7, 11) is 0. The molecule has 0 saturated heterocycles. The number of aryl methyl sites for hydroxylation is 1. The molecule has 1 heterocycles. The van der Waals surface area contributed by atoms with Gasteiger partial charge in [0.15, 0.2) is 11.0 Å². The minimum Gasteiger partial charge on any atom is -0.325 e. The molecule has 6 heteroatoms. The maximum atomic E-state index is 12.4. The first-order chi connectivity index (χ1) is 14.8. The smallest absolute Gasteiger partial charge is 0.234 e. The second-order valence-electron chi connectivity index (χ2n) is 8.42. The van der Waals surface area contributed by atoms with Gasteiger partial charge < -0.3 is 5.32 Å². The molecule has 0 aliphatic heterocycles. The van der Waals surface area contributed by atoms with Crippen LogP contribution in [-0.4, -0.2) is 26.4 Å². The van der Waals surface area contributed by atoms with Gasteiger partial charge in [0.05, 0.1) is 5.75 Å². The van der Waals surface area contributed by atoms with E-state index in [4.69, 9.17) is 0 Å². The number of anilines is 1. The number of rotatable bonds is 8. The van der Waals surface area contributed by atoms with Crippen LogP contribution in [-0.2, 0) is 23.2 Å². The highest BCUT2D eigenvalue weighted by atomic mass is 32.2. The van der Waals surface area contributed by atoms with Crippen LogP contribution in [0.4, 0.5) is 5.69 Å². The van der Waals surface area contributed by atoms with Crippen molar-refractivity contribution in [2.75, 3.05) is 11.1 Å². The first kappa shape index (κ1) is 22.8. The maximum absolute atomic E-state index is 12.4. The molecule has 0 fully saturated rings. The molecular weight excluding hydrogens is 404 g/mol. The highest BCUT2D eigenvalue weighted by Gasteiger charge is 2.17. The van der Waals surface area contributed by atoms with E-state index in [-0.39, 0.29) is 17.1 Å². The van der Waals surface area contributed by atoms with Gasteiger partial charge in [-0.1, -0.05) is 81.9 Å². The van der Waals surface area contributed by atoms with Crippen molar-refractivity contribution in [1.29, 1.82) is 0 Å². The van der Waals surface area contributed by atoms with Gasteiger partial charge in [-0.3, -0.25) is 9.36 Å². The second-order valence-corrected chi connectivity index (χ2v) is 9.36.